The Labute approximate surface area is 112 Å². The van der Waals surface area contributed by atoms with Gasteiger partial charge in [0.05, 0.1) is 13.0 Å². The van der Waals surface area contributed by atoms with Crippen molar-refractivity contribution in [2.75, 3.05) is 19.6 Å². The van der Waals surface area contributed by atoms with Gasteiger partial charge in [0.15, 0.2) is 0 Å². The average molecular weight is 262 g/mol. The molecule has 1 aliphatic rings. The molecule has 5 heteroatoms. The van der Waals surface area contributed by atoms with Crippen molar-refractivity contribution >= 4 is 11.9 Å². The number of carboxylic acids is 1. The number of rotatable bonds is 5. The second-order valence-corrected chi connectivity index (χ2v) is 4.76. The summed E-state index contributed by atoms with van der Waals surface area (Å²) in [5.74, 6) is -0.861. The van der Waals surface area contributed by atoms with E-state index in [4.69, 9.17) is 5.11 Å². The Morgan fingerprint density at radius 3 is 2.79 bits per heavy atom. The van der Waals surface area contributed by atoms with Gasteiger partial charge in [-0.2, -0.15) is 0 Å². The van der Waals surface area contributed by atoms with Crippen LogP contribution in [0.25, 0.3) is 0 Å². The molecule has 0 aliphatic carbocycles. The minimum absolute atomic E-state index is 0.0327. The van der Waals surface area contributed by atoms with E-state index in [0.29, 0.717) is 13.1 Å². The van der Waals surface area contributed by atoms with Crippen LogP contribution in [0, 0.1) is 0 Å². The molecule has 0 saturated carbocycles. The Hall–Kier alpha value is -1.88. The van der Waals surface area contributed by atoms with Gasteiger partial charge in [-0.3, -0.25) is 14.5 Å². The van der Waals surface area contributed by atoms with E-state index in [9.17, 15) is 9.59 Å². The molecule has 0 spiro atoms. The number of hydrogen-bond acceptors (Lipinski definition) is 3. The molecule has 1 aliphatic heterocycles. The highest BCUT2D eigenvalue weighted by molar-refractivity contribution is 5.79. The van der Waals surface area contributed by atoms with E-state index in [2.05, 4.69) is 5.32 Å². The van der Waals surface area contributed by atoms with Crippen molar-refractivity contribution in [3.63, 3.8) is 0 Å². The number of nitrogens with zero attached hydrogens (tertiary/aromatic N) is 1. The Balaban J connectivity index is 1.94. The van der Waals surface area contributed by atoms with Gasteiger partial charge in [-0.1, -0.05) is 30.3 Å². The van der Waals surface area contributed by atoms with Crippen molar-refractivity contribution in [2.24, 2.45) is 0 Å². The summed E-state index contributed by atoms with van der Waals surface area (Å²) in [6.45, 7) is 1.40. The standard InChI is InChI=1S/C14H18N2O3/c17-13-10-16(12(9-15-13)8-14(18)19)7-6-11-4-2-1-3-5-11/h1-5,12H,6-10H2,(H,15,17)(H,18,19). The van der Waals surface area contributed by atoms with Gasteiger partial charge >= 0.3 is 5.97 Å². The molecule has 0 radical (unpaired) electrons. The van der Waals surface area contributed by atoms with Gasteiger partial charge in [0, 0.05) is 19.1 Å². The smallest absolute Gasteiger partial charge is 0.305 e. The maximum Gasteiger partial charge on any atom is 0.305 e. The number of carbonyl (C=O) groups is 2. The van der Waals surface area contributed by atoms with E-state index in [1.54, 1.807) is 0 Å². The number of benzene rings is 1. The number of nitrogens with one attached hydrogen (secondary N) is 1. The third-order valence-corrected chi connectivity index (χ3v) is 3.34. The molecule has 1 aromatic rings. The fourth-order valence-corrected chi connectivity index (χ4v) is 2.31. The molecule has 1 atom stereocenters. The first-order valence-electron chi connectivity index (χ1n) is 6.41. The number of amides is 1. The van der Waals surface area contributed by atoms with Crippen LogP contribution >= 0.6 is 0 Å². The first-order chi connectivity index (χ1) is 9.15. The summed E-state index contributed by atoms with van der Waals surface area (Å²) in [6, 6.07) is 9.89. The predicted octanol–water partition coefficient (Wildman–Crippen LogP) is 0.504. The Morgan fingerprint density at radius 1 is 1.37 bits per heavy atom. The zero-order valence-corrected chi connectivity index (χ0v) is 10.7. The van der Waals surface area contributed by atoms with Crippen LogP contribution in [0.2, 0.25) is 0 Å². The summed E-state index contributed by atoms with van der Waals surface area (Å²) >= 11 is 0. The quantitative estimate of drug-likeness (QED) is 0.811. The van der Waals surface area contributed by atoms with Crippen molar-refractivity contribution in [3.05, 3.63) is 35.9 Å². The number of carbonyl (C=O) groups excluding carboxylic acids is 1. The van der Waals surface area contributed by atoms with Gasteiger partial charge in [-0.25, -0.2) is 0 Å². The maximum atomic E-state index is 11.4. The van der Waals surface area contributed by atoms with Gasteiger partial charge < -0.3 is 10.4 Å². The van der Waals surface area contributed by atoms with Gasteiger partial charge in [0.25, 0.3) is 0 Å². The molecule has 2 N–H and O–H groups in total. The zero-order valence-electron chi connectivity index (χ0n) is 10.7. The highest BCUT2D eigenvalue weighted by Gasteiger charge is 2.27. The van der Waals surface area contributed by atoms with E-state index < -0.39 is 5.97 Å². The predicted molar refractivity (Wildman–Crippen MR) is 70.8 cm³/mol. The van der Waals surface area contributed by atoms with Crippen LogP contribution in [0.1, 0.15) is 12.0 Å². The summed E-state index contributed by atoms with van der Waals surface area (Å²) in [6.07, 6.45) is 0.888. The number of piperazine rings is 1. The number of hydrogen-bond donors (Lipinski definition) is 2. The highest BCUT2D eigenvalue weighted by atomic mass is 16.4. The summed E-state index contributed by atoms with van der Waals surface area (Å²) in [5, 5.41) is 11.6. The third kappa shape index (κ3) is 4.06. The molecule has 1 amide bonds. The Bertz CT molecular complexity index is 447. The van der Waals surface area contributed by atoms with Crippen LogP contribution in [0.15, 0.2) is 30.3 Å². The van der Waals surface area contributed by atoms with Crippen molar-refractivity contribution < 1.29 is 14.7 Å². The molecular formula is C14H18N2O3. The summed E-state index contributed by atoms with van der Waals surface area (Å²) < 4.78 is 0. The summed E-state index contributed by atoms with van der Waals surface area (Å²) in [7, 11) is 0. The molecule has 0 aromatic heterocycles. The Kier molecular flexibility index (Phi) is 4.52. The van der Waals surface area contributed by atoms with Crippen molar-refractivity contribution in [1.82, 2.24) is 10.2 Å². The van der Waals surface area contributed by atoms with Crippen LogP contribution in [-0.4, -0.2) is 47.6 Å². The molecule has 1 saturated heterocycles. The van der Waals surface area contributed by atoms with Gasteiger partial charge in [-0.15, -0.1) is 0 Å². The Morgan fingerprint density at radius 2 is 2.11 bits per heavy atom. The second kappa shape index (κ2) is 6.33. The van der Waals surface area contributed by atoms with Crippen LogP contribution < -0.4 is 5.32 Å². The highest BCUT2D eigenvalue weighted by Crippen LogP contribution is 2.10. The molecule has 1 heterocycles. The van der Waals surface area contributed by atoms with E-state index in [-0.39, 0.29) is 24.9 Å². The second-order valence-electron chi connectivity index (χ2n) is 4.76. The zero-order chi connectivity index (χ0) is 13.7. The van der Waals surface area contributed by atoms with Crippen LogP contribution in [0.4, 0.5) is 0 Å². The molecule has 1 aromatic carbocycles. The summed E-state index contributed by atoms with van der Waals surface area (Å²) in [4.78, 5) is 24.2. The van der Waals surface area contributed by atoms with Gasteiger partial charge in [0.1, 0.15) is 0 Å². The summed E-state index contributed by atoms with van der Waals surface area (Å²) in [5.41, 5.74) is 1.20. The largest absolute Gasteiger partial charge is 0.481 e. The molecular weight excluding hydrogens is 244 g/mol. The number of aliphatic carboxylic acids is 1. The van der Waals surface area contributed by atoms with Gasteiger partial charge in [-0.05, 0) is 12.0 Å². The fraction of sp³-hybridized carbons (Fsp3) is 0.429. The molecule has 1 unspecified atom stereocenters. The first kappa shape index (κ1) is 13.5. The average Bonchev–Trinajstić information content (AvgIpc) is 2.40. The monoisotopic (exact) mass is 262 g/mol. The molecule has 1 fully saturated rings. The molecule has 0 bridgehead atoms. The van der Waals surface area contributed by atoms with Crippen LogP contribution in [0.5, 0.6) is 0 Å². The maximum absolute atomic E-state index is 11.4. The molecule has 102 valence electrons. The topological polar surface area (TPSA) is 69.6 Å². The minimum Gasteiger partial charge on any atom is -0.481 e. The lowest BCUT2D eigenvalue weighted by Gasteiger charge is -2.34. The minimum atomic E-state index is -0.828. The van der Waals surface area contributed by atoms with Crippen LogP contribution in [-0.2, 0) is 16.0 Å². The SMILES string of the molecule is O=C(O)CC1CNC(=O)CN1CCc1ccccc1. The van der Waals surface area contributed by atoms with E-state index in [0.717, 1.165) is 6.42 Å². The van der Waals surface area contributed by atoms with E-state index >= 15 is 0 Å². The fourth-order valence-electron chi connectivity index (χ4n) is 2.31. The van der Waals surface area contributed by atoms with Crippen molar-refractivity contribution in [2.45, 2.75) is 18.9 Å². The lowest BCUT2D eigenvalue weighted by Crippen LogP contribution is -2.55. The van der Waals surface area contributed by atoms with E-state index in [1.807, 2.05) is 35.2 Å². The van der Waals surface area contributed by atoms with Gasteiger partial charge in [0.2, 0.25) is 5.91 Å². The normalized spacial score (nSPS) is 20.0. The molecule has 5 nitrogen and oxygen atoms in total. The third-order valence-electron chi connectivity index (χ3n) is 3.34. The molecule has 2 rings (SSSR count). The lowest BCUT2D eigenvalue weighted by atomic mass is 10.1. The number of carboxylic acid groups (broad SMARTS) is 1. The van der Waals surface area contributed by atoms with Crippen molar-refractivity contribution in [3.8, 4) is 0 Å². The lowest BCUT2D eigenvalue weighted by molar-refractivity contribution is -0.140. The van der Waals surface area contributed by atoms with Crippen LogP contribution in [0.3, 0.4) is 0 Å². The van der Waals surface area contributed by atoms with Crippen molar-refractivity contribution in [1.29, 1.82) is 0 Å². The first-order valence-corrected chi connectivity index (χ1v) is 6.41. The van der Waals surface area contributed by atoms with E-state index in [1.165, 1.54) is 5.56 Å². The molecule has 19 heavy (non-hydrogen) atoms.